The lowest BCUT2D eigenvalue weighted by Crippen LogP contribution is -2.41. The average Bonchev–Trinajstić information content (AvgIpc) is 2.45. The fraction of sp³-hybridized carbons (Fsp3) is 0.412. The normalized spacial score (nSPS) is 17.9. The predicted octanol–water partition coefficient (Wildman–Crippen LogP) is 3.05. The van der Waals surface area contributed by atoms with E-state index in [1.807, 2.05) is 4.90 Å². The number of nitrogens with zero attached hydrogens (tertiary/aromatic N) is 1. The van der Waals surface area contributed by atoms with Crippen LogP contribution < -0.4 is 0 Å². The van der Waals surface area contributed by atoms with E-state index in [1.165, 1.54) is 6.08 Å². The SMILES string of the molecule is CC1(C)CCN(C(=O)c2cccc(C=CC(=O)O)c2)CC1. The number of hydrogen-bond donors (Lipinski definition) is 1. The molecule has 0 spiro atoms. The molecule has 2 rings (SSSR count). The molecule has 1 aliphatic heterocycles. The molecule has 0 aromatic heterocycles. The van der Waals surface area contributed by atoms with Crippen LogP contribution in [0.4, 0.5) is 0 Å². The van der Waals surface area contributed by atoms with Gasteiger partial charge in [-0.25, -0.2) is 4.79 Å². The van der Waals surface area contributed by atoms with Crippen molar-refractivity contribution in [3.8, 4) is 0 Å². The van der Waals surface area contributed by atoms with Gasteiger partial charge in [-0.3, -0.25) is 4.79 Å². The van der Waals surface area contributed by atoms with Gasteiger partial charge in [-0.05, 0) is 42.0 Å². The van der Waals surface area contributed by atoms with Gasteiger partial charge in [0.2, 0.25) is 0 Å². The highest BCUT2D eigenvalue weighted by Gasteiger charge is 2.28. The van der Waals surface area contributed by atoms with Crippen LogP contribution in [0.25, 0.3) is 6.08 Å². The molecule has 4 heteroatoms. The minimum Gasteiger partial charge on any atom is -0.478 e. The first-order valence-electron chi connectivity index (χ1n) is 7.18. The molecule has 0 aliphatic carbocycles. The lowest BCUT2D eigenvalue weighted by Gasteiger charge is -2.37. The maximum Gasteiger partial charge on any atom is 0.328 e. The number of likely N-dealkylation sites (tertiary alicyclic amines) is 1. The van der Waals surface area contributed by atoms with Crippen molar-refractivity contribution in [2.45, 2.75) is 26.7 Å². The second-order valence-electron chi connectivity index (χ2n) is 6.25. The zero-order chi connectivity index (χ0) is 15.5. The molecule has 0 saturated carbocycles. The predicted molar refractivity (Wildman–Crippen MR) is 82.0 cm³/mol. The summed E-state index contributed by atoms with van der Waals surface area (Å²) in [6, 6.07) is 7.08. The number of amides is 1. The molecule has 1 heterocycles. The Labute approximate surface area is 125 Å². The zero-order valence-electron chi connectivity index (χ0n) is 12.5. The van der Waals surface area contributed by atoms with Gasteiger partial charge in [0, 0.05) is 24.7 Å². The molecule has 0 atom stereocenters. The largest absolute Gasteiger partial charge is 0.478 e. The minimum absolute atomic E-state index is 0.0241. The molecule has 0 radical (unpaired) electrons. The highest BCUT2D eigenvalue weighted by atomic mass is 16.4. The Bertz CT molecular complexity index is 565. The van der Waals surface area contributed by atoms with Crippen LogP contribution in [0, 0.1) is 5.41 Å². The Morgan fingerprint density at radius 2 is 1.90 bits per heavy atom. The number of carboxylic acid groups (broad SMARTS) is 1. The Balaban J connectivity index is 2.09. The molecule has 1 aliphatic rings. The third kappa shape index (κ3) is 4.18. The summed E-state index contributed by atoms with van der Waals surface area (Å²) >= 11 is 0. The Morgan fingerprint density at radius 3 is 2.52 bits per heavy atom. The number of aliphatic carboxylic acids is 1. The van der Waals surface area contributed by atoms with Crippen molar-refractivity contribution in [2.24, 2.45) is 5.41 Å². The fourth-order valence-electron chi connectivity index (χ4n) is 2.44. The first-order valence-corrected chi connectivity index (χ1v) is 7.18. The lowest BCUT2D eigenvalue weighted by molar-refractivity contribution is -0.131. The quantitative estimate of drug-likeness (QED) is 0.869. The van der Waals surface area contributed by atoms with E-state index in [1.54, 1.807) is 24.3 Å². The second kappa shape index (κ2) is 6.12. The number of hydrogen-bond acceptors (Lipinski definition) is 2. The van der Waals surface area contributed by atoms with Crippen LogP contribution in [-0.2, 0) is 4.79 Å². The van der Waals surface area contributed by atoms with Gasteiger partial charge in [-0.2, -0.15) is 0 Å². The van der Waals surface area contributed by atoms with Crippen molar-refractivity contribution >= 4 is 18.0 Å². The highest BCUT2D eigenvalue weighted by Crippen LogP contribution is 2.30. The van der Waals surface area contributed by atoms with Gasteiger partial charge >= 0.3 is 5.97 Å². The van der Waals surface area contributed by atoms with Gasteiger partial charge in [0.05, 0.1) is 0 Å². The topological polar surface area (TPSA) is 57.6 Å². The summed E-state index contributed by atoms with van der Waals surface area (Å²) in [5.74, 6) is -0.971. The van der Waals surface area contributed by atoms with Gasteiger partial charge in [0.1, 0.15) is 0 Å². The maximum atomic E-state index is 12.5. The number of rotatable bonds is 3. The van der Waals surface area contributed by atoms with E-state index < -0.39 is 5.97 Å². The molecule has 21 heavy (non-hydrogen) atoms. The number of carboxylic acids is 1. The maximum absolute atomic E-state index is 12.5. The van der Waals surface area contributed by atoms with Gasteiger partial charge < -0.3 is 10.0 Å². The summed E-state index contributed by atoms with van der Waals surface area (Å²) in [5, 5.41) is 8.64. The van der Waals surface area contributed by atoms with E-state index >= 15 is 0 Å². The molecule has 1 fully saturated rings. The average molecular weight is 287 g/mol. The smallest absolute Gasteiger partial charge is 0.328 e. The number of carbonyl (C=O) groups is 2. The van der Waals surface area contributed by atoms with E-state index in [0.29, 0.717) is 11.0 Å². The number of benzene rings is 1. The number of piperidine rings is 1. The second-order valence-corrected chi connectivity index (χ2v) is 6.25. The summed E-state index contributed by atoms with van der Waals surface area (Å²) in [4.78, 5) is 24.9. The van der Waals surface area contributed by atoms with Crippen LogP contribution in [0.2, 0.25) is 0 Å². The van der Waals surface area contributed by atoms with Crippen LogP contribution in [0.1, 0.15) is 42.6 Å². The van der Waals surface area contributed by atoms with Crippen molar-refractivity contribution in [3.63, 3.8) is 0 Å². The molecule has 1 N–H and O–H groups in total. The van der Waals surface area contributed by atoms with Crippen LogP contribution in [0.3, 0.4) is 0 Å². The lowest BCUT2D eigenvalue weighted by atomic mass is 9.82. The zero-order valence-corrected chi connectivity index (χ0v) is 12.5. The molecule has 1 aromatic rings. The van der Waals surface area contributed by atoms with Gasteiger partial charge in [-0.1, -0.05) is 26.0 Å². The van der Waals surface area contributed by atoms with Gasteiger partial charge in [-0.15, -0.1) is 0 Å². The monoisotopic (exact) mass is 287 g/mol. The fourth-order valence-corrected chi connectivity index (χ4v) is 2.44. The van der Waals surface area contributed by atoms with Crippen LogP contribution in [-0.4, -0.2) is 35.0 Å². The molecular weight excluding hydrogens is 266 g/mol. The van der Waals surface area contributed by atoms with Crippen LogP contribution in [0.15, 0.2) is 30.3 Å². The summed E-state index contributed by atoms with van der Waals surface area (Å²) < 4.78 is 0. The third-order valence-corrected chi connectivity index (χ3v) is 3.96. The molecule has 112 valence electrons. The van der Waals surface area contributed by atoms with Gasteiger partial charge in [0.15, 0.2) is 0 Å². The first kappa shape index (κ1) is 15.3. The minimum atomic E-state index is -0.995. The standard InChI is InChI=1S/C17H21NO3/c1-17(2)8-10-18(11-9-17)16(21)14-5-3-4-13(12-14)6-7-15(19)20/h3-7,12H,8-11H2,1-2H3,(H,19,20). The van der Waals surface area contributed by atoms with Gasteiger partial charge in [0.25, 0.3) is 5.91 Å². The van der Waals surface area contributed by atoms with Crippen molar-refractivity contribution in [2.75, 3.05) is 13.1 Å². The Hall–Kier alpha value is -2.10. The summed E-state index contributed by atoms with van der Waals surface area (Å²) in [7, 11) is 0. The molecule has 4 nitrogen and oxygen atoms in total. The van der Waals surface area contributed by atoms with Crippen LogP contribution in [0.5, 0.6) is 0 Å². The Morgan fingerprint density at radius 1 is 1.24 bits per heavy atom. The Kier molecular flexibility index (Phi) is 4.46. The molecule has 1 saturated heterocycles. The van der Waals surface area contributed by atoms with E-state index in [-0.39, 0.29) is 5.91 Å². The van der Waals surface area contributed by atoms with Crippen molar-refractivity contribution in [3.05, 3.63) is 41.5 Å². The van der Waals surface area contributed by atoms with Crippen molar-refractivity contribution in [1.29, 1.82) is 0 Å². The molecule has 0 bridgehead atoms. The van der Waals surface area contributed by atoms with E-state index in [2.05, 4.69) is 13.8 Å². The van der Waals surface area contributed by atoms with E-state index in [4.69, 9.17) is 5.11 Å². The van der Waals surface area contributed by atoms with E-state index in [0.717, 1.165) is 37.6 Å². The molecule has 1 amide bonds. The first-order chi connectivity index (χ1) is 9.87. The third-order valence-electron chi connectivity index (χ3n) is 3.96. The summed E-state index contributed by atoms with van der Waals surface area (Å²) in [5.41, 5.74) is 1.64. The summed E-state index contributed by atoms with van der Waals surface area (Å²) in [6.45, 7) is 6.01. The highest BCUT2D eigenvalue weighted by molar-refractivity contribution is 5.95. The van der Waals surface area contributed by atoms with Crippen molar-refractivity contribution in [1.82, 2.24) is 4.90 Å². The van der Waals surface area contributed by atoms with Crippen molar-refractivity contribution < 1.29 is 14.7 Å². The molecular formula is C17H21NO3. The number of carbonyl (C=O) groups excluding carboxylic acids is 1. The summed E-state index contributed by atoms with van der Waals surface area (Å²) in [6.07, 6.45) is 4.60. The molecule has 1 aromatic carbocycles. The molecule has 0 unspecified atom stereocenters. The van der Waals surface area contributed by atoms with E-state index in [9.17, 15) is 9.59 Å². The van der Waals surface area contributed by atoms with Crippen LogP contribution >= 0.6 is 0 Å².